The number of halogens is 1. The van der Waals surface area contributed by atoms with Gasteiger partial charge in [0, 0.05) is 27.7 Å². The molecule has 0 N–H and O–H groups in total. The molecule has 0 atom stereocenters. The van der Waals surface area contributed by atoms with E-state index in [-0.39, 0.29) is 19.1 Å². The fraction of sp³-hybridized carbons (Fsp3) is 0.111. The molecule has 0 unspecified atom stereocenters. The Labute approximate surface area is 138 Å². The Balaban J connectivity index is 1.76. The Morgan fingerprint density at radius 1 is 1.17 bits per heavy atom. The number of benzene rings is 2. The molecule has 0 saturated carbocycles. The zero-order valence-electron chi connectivity index (χ0n) is 12.2. The van der Waals surface area contributed by atoms with Crippen LogP contribution in [-0.2, 0) is 22.7 Å². The molecule has 5 heteroatoms. The Hall–Kier alpha value is -2.59. The molecule has 0 aliphatic heterocycles. The van der Waals surface area contributed by atoms with Crippen LogP contribution in [-0.4, -0.2) is 16.8 Å². The van der Waals surface area contributed by atoms with Crippen LogP contribution in [0.25, 0.3) is 10.9 Å². The number of ether oxygens (including phenoxy) is 1. The van der Waals surface area contributed by atoms with Crippen molar-refractivity contribution in [3.8, 4) is 0 Å². The highest BCUT2D eigenvalue weighted by molar-refractivity contribution is 6.31. The highest BCUT2D eigenvalue weighted by Gasteiger charge is 2.12. The molecule has 0 saturated heterocycles. The lowest BCUT2D eigenvalue weighted by Crippen LogP contribution is -2.12. The van der Waals surface area contributed by atoms with Gasteiger partial charge in [-0.1, -0.05) is 41.9 Å². The topological polar surface area (TPSA) is 48.3 Å². The highest BCUT2D eigenvalue weighted by atomic mass is 35.5. The van der Waals surface area contributed by atoms with E-state index in [1.54, 1.807) is 29.0 Å². The maximum Gasteiger partial charge on any atom is 0.326 e. The van der Waals surface area contributed by atoms with E-state index in [1.165, 1.54) is 0 Å². The Morgan fingerprint density at radius 3 is 2.70 bits per heavy atom. The standard InChI is InChI=1S/C18H14ClNO3/c19-15-6-7-17-16(8-15)14(11-21)9-20(17)10-18(22)23-12-13-4-2-1-3-5-13/h1-9,11H,10,12H2. The molecule has 4 nitrogen and oxygen atoms in total. The van der Waals surface area contributed by atoms with Gasteiger partial charge in [0.05, 0.1) is 0 Å². The first-order valence-electron chi connectivity index (χ1n) is 7.10. The number of carbonyl (C=O) groups excluding carboxylic acids is 2. The van der Waals surface area contributed by atoms with Crippen LogP contribution in [0.5, 0.6) is 0 Å². The molecule has 0 aliphatic carbocycles. The van der Waals surface area contributed by atoms with Gasteiger partial charge in [-0.3, -0.25) is 9.59 Å². The van der Waals surface area contributed by atoms with Crippen LogP contribution in [0.2, 0.25) is 5.02 Å². The van der Waals surface area contributed by atoms with Crippen LogP contribution in [0.1, 0.15) is 15.9 Å². The van der Waals surface area contributed by atoms with Gasteiger partial charge in [-0.2, -0.15) is 0 Å². The third kappa shape index (κ3) is 3.43. The second kappa shape index (κ2) is 6.67. The van der Waals surface area contributed by atoms with Crippen LogP contribution >= 0.6 is 11.6 Å². The van der Waals surface area contributed by atoms with Crippen molar-refractivity contribution in [2.24, 2.45) is 0 Å². The molecule has 1 heterocycles. The molecule has 1 aromatic heterocycles. The third-order valence-corrected chi connectivity index (χ3v) is 3.78. The second-order valence-corrected chi connectivity index (χ2v) is 5.57. The van der Waals surface area contributed by atoms with Gasteiger partial charge >= 0.3 is 5.97 Å². The summed E-state index contributed by atoms with van der Waals surface area (Å²) in [6, 6.07) is 14.7. The van der Waals surface area contributed by atoms with Crippen LogP contribution < -0.4 is 0 Å². The summed E-state index contributed by atoms with van der Waals surface area (Å²) >= 11 is 5.96. The number of aromatic nitrogens is 1. The number of fused-ring (bicyclic) bond motifs is 1. The number of carbonyl (C=O) groups is 2. The summed E-state index contributed by atoms with van der Waals surface area (Å²) in [5.41, 5.74) is 2.20. The largest absolute Gasteiger partial charge is 0.459 e. The molecular formula is C18H14ClNO3. The van der Waals surface area contributed by atoms with E-state index in [0.29, 0.717) is 10.6 Å². The maximum absolute atomic E-state index is 12.0. The summed E-state index contributed by atoms with van der Waals surface area (Å²) in [5, 5.41) is 1.27. The molecule has 3 aromatic rings. The minimum atomic E-state index is -0.363. The SMILES string of the molecule is O=Cc1cn(CC(=O)OCc2ccccc2)c2ccc(Cl)cc12. The summed E-state index contributed by atoms with van der Waals surface area (Å²) in [7, 11) is 0. The fourth-order valence-corrected chi connectivity index (χ4v) is 2.62. The summed E-state index contributed by atoms with van der Waals surface area (Å²) in [6.07, 6.45) is 2.39. The molecule has 2 aromatic carbocycles. The van der Waals surface area contributed by atoms with Gasteiger partial charge < -0.3 is 9.30 Å². The third-order valence-electron chi connectivity index (χ3n) is 3.54. The Kier molecular flexibility index (Phi) is 4.44. The molecule has 0 aliphatic rings. The molecule has 0 amide bonds. The quantitative estimate of drug-likeness (QED) is 0.528. The van der Waals surface area contributed by atoms with E-state index in [4.69, 9.17) is 16.3 Å². The molecule has 0 fully saturated rings. The zero-order valence-corrected chi connectivity index (χ0v) is 13.0. The first-order chi connectivity index (χ1) is 11.2. The average molecular weight is 328 g/mol. The van der Waals surface area contributed by atoms with Crippen molar-refractivity contribution < 1.29 is 14.3 Å². The lowest BCUT2D eigenvalue weighted by atomic mass is 10.2. The number of hydrogen-bond acceptors (Lipinski definition) is 3. The first-order valence-corrected chi connectivity index (χ1v) is 7.48. The maximum atomic E-state index is 12.0. The van der Waals surface area contributed by atoms with E-state index in [0.717, 1.165) is 22.8 Å². The Morgan fingerprint density at radius 2 is 1.96 bits per heavy atom. The number of hydrogen-bond donors (Lipinski definition) is 0. The van der Waals surface area contributed by atoms with Crippen molar-refractivity contribution in [1.82, 2.24) is 4.57 Å². The second-order valence-electron chi connectivity index (χ2n) is 5.14. The van der Waals surface area contributed by atoms with Gasteiger partial charge in [-0.05, 0) is 23.8 Å². The predicted octanol–water partition coefficient (Wildman–Crippen LogP) is 3.85. The molecule has 0 spiro atoms. The van der Waals surface area contributed by atoms with Crippen molar-refractivity contribution in [2.45, 2.75) is 13.2 Å². The molecule has 116 valence electrons. The number of nitrogens with zero attached hydrogens (tertiary/aromatic N) is 1. The molecule has 3 rings (SSSR count). The summed E-state index contributed by atoms with van der Waals surface area (Å²) in [5.74, 6) is -0.363. The molecule has 23 heavy (non-hydrogen) atoms. The van der Waals surface area contributed by atoms with Crippen molar-refractivity contribution in [2.75, 3.05) is 0 Å². The lowest BCUT2D eigenvalue weighted by Gasteiger charge is -2.07. The van der Waals surface area contributed by atoms with E-state index in [1.807, 2.05) is 30.3 Å². The van der Waals surface area contributed by atoms with E-state index in [2.05, 4.69) is 0 Å². The molecule has 0 radical (unpaired) electrons. The zero-order chi connectivity index (χ0) is 16.2. The number of aldehydes is 1. The molecule has 0 bridgehead atoms. The highest BCUT2D eigenvalue weighted by Crippen LogP contribution is 2.24. The van der Waals surface area contributed by atoms with Crippen LogP contribution in [0, 0.1) is 0 Å². The van der Waals surface area contributed by atoms with E-state index in [9.17, 15) is 9.59 Å². The van der Waals surface area contributed by atoms with Gasteiger partial charge in [0.2, 0.25) is 0 Å². The molecular weight excluding hydrogens is 314 g/mol. The van der Waals surface area contributed by atoms with Gasteiger partial charge in [0.1, 0.15) is 13.2 Å². The van der Waals surface area contributed by atoms with Crippen molar-refractivity contribution in [1.29, 1.82) is 0 Å². The van der Waals surface area contributed by atoms with Crippen LogP contribution in [0.4, 0.5) is 0 Å². The average Bonchev–Trinajstić information content (AvgIpc) is 2.91. The predicted molar refractivity (Wildman–Crippen MR) is 88.6 cm³/mol. The normalized spacial score (nSPS) is 10.7. The van der Waals surface area contributed by atoms with Crippen LogP contribution in [0.15, 0.2) is 54.7 Å². The van der Waals surface area contributed by atoms with Gasteiger partial charge in [0.25, 0.3) is 0 Å². The van der Waals surface area contributed by atoms with Crippen LogP contribution in [0.3, 0.4) is 0 Å². The minimum Gasteiger partial charge on any atom is -0.459 e. The van der Waals surface area contributed by atoms with Gasteiger partial charge in [0.15, 0.2) is 6.29 Å². The lowest BCUT2D eigenvalue weighted by molar-refractivity contribution is -0.145. The summed E-state index contributed by atoms with van der Waals surface area (Å²) in [4.78, 5) is 23.2. The number of esters is 1. The summed E-state index contributed by atoms with van der Waals surface area (Å²) in [6.45, 7) is 0.268. The monoisotopic (exact) mass is 327 g/mol. The Bertz CT molecular complexity index is 855. The fourth-order valence-electron chi connectivity index (χ4n) is 2.44. The minimum absolute atomic E-state index is 0.0405. The smallest absolute Gasteiger partial charge is 0.326 e. The van der Waals surface area contributed by atoms with E-state index < -0.39 is 0 Å². The van der Waals surface area contributed by atoms with E-state index >= 15 is 0 Å². The number of rotatable bonds is 5. The van der Waals surface area contributed by atoms with Crippen molar-refractivity contribution in [3.05, 3.63) is 70.9 Å². The van der Waals surface area contributed by atoms with Crippen molar-refractivity contribution in [3.63, 3.8) is 0 Å². The van der Waals surface area contributed by atoms with Crippen molar-refractivity contribution >= 4 is 34.8 Å². The summed E-state index contributed by atoms with van der Waals surface area (Å²) < 4.78 is 6.97. The van der Waals surface area contributed by atoms with Gasteiger partial charge in [-0.15, -0.1) is 0 Å². The first kappa shape index (κ1) is 15.3. The van der Waals surface area contributed by atoms with Gasteiger partial charge in [-0.25, -0.2) is 0 Å².